The van der Waals surface area contributed by atoms with Crippen molar-refractivity contribution in [3.8, 4) is 11.1 Å². The van der Waals surface area contributed by atoms with E-state index in [1.54, 1.807) is 17.1 Å². The molecule has 4 rings (SSSR count). The number of carbonyl (C=O) groups excluding carboxylic acids is 1. The van der Waals surface area contributed by atoms with Gasteiger partial charge in [0.2, 0.25) is 0 Å². The normalized spacial score (nSPS) is 17.3. The number of nitrogens with zero attached hydrogens (tertiary/aromatic N) is 6. The van der Waals surface area contributed by atoms with Gasteiger partial charge in [0.15, 0.2) is 0 Å². The van der Waals surface area contributed by atoms with Crippen LogP contribution in [0.5, 0.6) is 0 Å². The standard InChI is InChI=1S/C19H20N6O/c1-24-12-16(10-23-24)14-4-5-17(22-9-14)15-3-2-8-25(13-15)19(26)18-11-20-6-7-21-18/h4-7,9-12,15H,2-3,8,13H2,1H3/t15-/m0/s1. The predicted octanol–water partition coefficient (Wildman–Crippen LogP) is 2.29. The summed E-state index contributed by atoms with van der Waals surface area (Å²) in [6.07, 6.45) is 12.3. The molecule has 26 heavy (non-hydrogen) atoms. The Labute approximate surface area is 151 Å². The highest BCUT2D eigenvalue weighted by Gasteiger charge is 2.27. The number of rotatable bonds is 3. The van der Waals surface area contributed by atoms with Gasteiger partial charge in [-0.3, -0.25) is 19.4 Å². The van der Waals surface area contributed by atoms with Crippen LogP contribution in [0.15, 0.2) is 49.3 Å². The Morgan fingerprint density at radius 1 is 1.12 bits per heavy atom. The lowest BCUT2D eigenvalue weighted by molar-refractivity contribution is 0.0699. The summed E-state index contributed by atoms with van der Waals surface area (Å²) in [5.74, 6) is 0.182. The summed E-state index contributed by atoms with van der Waals surface area (Å²) in [7, 11) is 1.90. The maximum absolute atomic E-state index is 12.6. The number of amides is 1. The van der Waals surface area contributed by atoms with Gasteiger partial charge in [-0.2, -0.15) is 5.10 Å². The second-order valence-electron chi connectivity index (χ2n) is 6.56. The second-order valence-corrected chi connectivity index (χ2v) is 6.56. The first-order chi connectivity index (χ1) is 12.7. The molecule has 1 saturated heterocycles. The molecular weight excluding hydrogens is 328 g/mol. The second kappa shape index (κ2) is 7.03. The third-order valence-corrected chi connectivity index (χ3v) is 4.73. The third kappa shape index (κ3) is 3.33. The molecule has 7 heteroatoms. The van der Waals surface area contributed by atoms with E-state index in [9.17, 15) is 4.79 Å². The summed E-state index contributed by atoms with van der Waals surface area (Å²) in [4.78, 5) is 27.2. The molecule has 1 amide bonds. The number of hydrogen-bond acceptors (Lipinski definition) is 5. The highest BCUT2D eigenvalue weighted by molar-refractivity contribution is 5.92. The Bertz CT molecular complexity index is 890. The minimum absolute atomic E-state index is 0.0604. The van der Waals surface area contributed by atoms with Crippen LogP contribution >= 0.6 is 0 Å². The van der Waals surface area contributed by atoms with Crippen molar-refractivity contribution in [2.24, 2.45) is 7.05 Å². The van der Waals surface area contributed by atoms with Crippen molar-refractivity contribution in [2.45, 2.75) is 18.8 Å². The molecule has 0 radical (unpaired) electrons. The first kappa shape index (κ1) is 16.4. The van der Waals surface area contributed by atoms with Crippen LogP contribution in [0.25, 0.3) is 11.1 Å². The van der Waals surface area contributed by atoms with Gasteiger partial charge in [-0.05, 0) is 18.9 Å². The molecular formula is C19H20N6O. The van der Waals surface area contributed by atoms with Crippen LogP contribution in [0.3, 0.4) is 0 Å². The quantitative estimate of drug-likeness (QED) is 0.726. The molecule has 0 unspecified atom stereocenters. The fraction of sp³-hybridized carbons (Fsp3) is 0.316. The van der Waals surface area contributed by atoms with Gasteiger partial charge in [-0.15, -0.1) is 0 Å². The van der Waals surface area contributed by atoms with Gasteiger partial charge in [-0.25, -0.2) is 4.98 Å². The Morgan fingerprint density at radius 2 is 2.04 bits per heavy atom. The topological polar surface area (TPSA) is 76.8 Å². The fourth-order valence-electron chi connectivity index (χ4n) is 3.36. The highest BCUT2D eigenvalue weighted by atomic mass is 16.2. The summed E-state index contributed by atoms with van der Waals surface area (Å²) in [6.45, 7) is 1.41. The zero-order chi connectivity index (χ0) is 17.9. The first-order valence-corrected chi connectivity index (χ1v) is 8.71. The van der Waals surface area contributed by atoms with E-state index in [0.29, 0.717) is 12.2 Å². The summed E-state index contributed by atoms with van der Waals surface area (Å²) in [5, 5.41) is 4.20. The maximum Gasteiger partial charge on any atom is 0.274 e. The Balaban J connectivity index is 1.48. The third-order valence-electron chi connectivity index (χ3n) is 4.73. The number of aryl methyl sites for hydroxylation is 1. The van der Waals surface area contributed by atoms with Gasteiger partial charge in [0.25, 0.3) is 5.91 Å². The molecule has 0 bridgehead atoms. The lowest BCUT2D eigenvalue weighted by atomic mass is 9.93. The van der Waals surface area contributed by atoms with Crippen LogP contribution in [0.2, 0.25) is 0 Å². The number of hydrogen-bond donors (Lipinski definition) is 0. The van der Waals surface area contributed by atoms with Crippen LogP contribution in [0.1, 0.15) is 34.9 Å². The van der Waals surface area contributed by atoms with Crippen molar-refractivity contribution < 1.29 is 4.79 Å². The van der Waals surface area contributed by atoms with E-state index in [0.717, 1.165) is 36.2 Å². The first-order valence-electron chi connectivity index (χ1n) is 8.71. The molecule has 3 aromatic heterocycles. The Morgan fingerprint density at radius 3 is 2.73 bits per heavy atom. The molecule has 7 nitrogen and oxygen atoms in total. The van der Waals surface area contributed by atoms with Gasteiger partial charge < -0.3 is 4.90 Å². The van der Waals surface area contributed by atoms with E-state index in [4.69, 9.17) is 0 Å². The summed E-state index contributed by atoms with van der Waals surface area (Å²) < 4.78 is 1.78. The van der Waals surface area contributed by atoms with Crippen molar-refractivity contribution in [3.05, 3.63) is 60.7 Å². The van der Waals surface area contributed by atoms with E-state index in [2.05, 4.69) is 32.2 Å². The lowest BCUT2D eigenvalue weighted by Crippen LogP contribution is -2.39. The van der Waals surface area contributed by atoms with Crippen LogP contribution in [-0.2, 0) is 7.05 Å². The predicted molar refractivity (Wildman–Crippen MR) is 96.3 cm³/mol. The van der Waals surface area contributed by atoms with Gasteiger partial charge in [0.1, 0.15) is 5.69 Å². The Kier molecular flexibility index (Phi) is 4.43. The van der Waals surface area contributed by atoms with Crippen LogP contribution in [0.4, 0.5) is 0 Å². The molecule has 0 aliphatic carbocycles. The van der Waals surface area contributed by atoms with Crippen molar-refractivity contribution in [3.63, 3.8) is 0 Å². The van der Waals surface area contributed by atoms with Gasteiger partial charge in [-0.1, -0.05) is 6.07 Å². The van der Waals surface area contributed by atoms with E-state index in [-0.39, 0.29) is 11.8 Å². The van der Waals surface area contributed by atoms with Gasteiger partial charge >= 0.3 is 0 Å². The molecule has 1 aliphatic heterocycles. The van der Waals surface area contributed by atoms with E-state index < -0.39 is 0 Å². The highest BCUT2D eigenvalue weighted by Crippen LogP contribution is 2.27. The molecule has 0 aromatic carbocycles. The molecule has 4 heterocycles. The minimum Gasteiger partial charge on any atom is -0.337 e. The van der Waals surface area contributed by atoms with E-state index in [1.807, 2.05) is 30.5 Å². The molecule has 1 atom stereocenters. The average molecular weight is 348 g/mol. The number of carbonyl (C=O) groups is 1. The van der Waals surface area contributed by atoms with Crippen molar-refractivity contribution in [1.82, 2.24) is 29.6 Å². The molecule has 1 aliphatic rings. The fourth-order valence-corrected chi connectivity index (χ4v) is 3.36. The molecule has 1 fully saturated rings. The monoisotopic (exact) mass is 348 g/mol. The van der Waals surface area contributed by atoms with Crippen molar-refractivity contribution >= 4 is 5.91 Å². The zero-order valence-corrected chi connectivity index (χ0v) is 14.6. The molecule has 132 valence electrons. The smallest absolute Gasteiger partial charge is 0.274 e. The number of aromatic nitrogens is 5. The Hall–Kier alpha value is -3.09. The molecule has 0 N–H and O–H groups in total. The van der Waals surface area contributed by atoms with E-state index >= 15 is 0 Å². The summed E-state index contributed by atoms with van der Waals surface area (Å²) >= 11 is 0. The van der Waals surface area contributed by atoms with Gasteiger partial charge in [0, 0.05) is 67.7 Å². The molecule has 0 saturated carbocycles. The SMILES string of the molecule is Cn1cc(-c2ccc([C@H]3CCCN(C(=O)c4cnccn4)C3)nc2)cn1. The minimum atomic E-state index is -0.0604. The largest absolute Gasteiger partial charge is 0.337 e. The average Bonchev–Trinajstić information content (AvgIpc) is 3.15. The van der Waals surface area contributed by atoms with Crippen molar-refractivity contribution in [1.29, 1.82) is 0 Å². The van der Waals surface area contributed by atoms with E-state index in [1.165, 1.54) is 6.20 Å². The summed E-state index contributed by atoms with van der Waals surface area (Å²) in [6, 6.07) is 4.13. The van der Waals surface area contributed by atoms with Gasteiger partial charge in [0.05, 0.1) is 12.4 Å². The van der Waals surface area contributed by atoms with Crippen LogP contribution in [-0.4, -0.2) is 48.6 Å². The van der Waals surface area contributed by atoms with Crippen LogP contribution < -0.4 is 0 Å². The molecule has 3 aromatic rings. The van der Waals surface area contributed by atoms with Crippen LogP contribution in [0, 0.1) is 0 Å². The number of likely N-dealkylation sites (tertiary alicyclic amines) is 1. The van der Waals surface area contributed by atoms with Crippen molar-refractivity contribution in [2.75, 3.05) is 13.1 Å². The lowest BCUT2D eigenvalue weighted by Gasteiger charge is -2.32. The molecule has 0 spiro atoms. The number of pyridine rings is 1. The zero-order valence-electron chi connectivity index (χ0n) is 14.6. The summed E-state index contributed by atoms with van der Waals surface area (Å²) in [5.41, 5.74) is 3.52. The number of piperidine rings is 1. The maximum atomic E-state index is 12.6.